The highest BCUT2D eigenvalue weighted by Gasteiger charge is 2.74. The quantitative estimate of drug-likeness (QED) is 0.0717. The molecule has 0 radical (unpaired) electrons. The molecule has 10 saturated heterocycles. The van der Waals surface area contributed by atoms with Crippen LogP contribution in [0.1, 0.15) is 336 Å². The molecule has 19 aliphatic rings. The fourth-order valence-corrected chi connectivity index (χ4v) is 20.4. The average Bonchev–Trinajstić information content (AvgIpc) is 1.53. The third-order valence-corrected chi connectivity index (χ3v) is 30.9. The summed E-state index contributed by atoms with van der Waals surface area (Å²) in [5, 5.41) is 9.31. The third-order valence-electron chi connectivity index (χ3n) is 30.9. The maximum atomic E-state index is 12.4. The van der Waals surface area contributed by atoms with Crippen LogP contribution in [-0.2, 0) is 138 Å². The molecule has 29 unspecified atom stereocenters. The molecule has 29 atom stereocenters. The van der Waals surface area contributed by atoms with Gasteiger partial charge in [-0.2, -0.15) is 5.26 Å². The summed E-state index contributed by atoms with van der Waals surface area (Å²) in [6, 6.07) is 2.15. The summed E-state index contributed by atoms with van der Waals surface area (Å²) >= 11 is 0. The highest BCUT2D eigenvalue weighted by Crippen LogP contribution is 2.64. The van der Waals surface area contributed by atoms with E-state index >= 15 is 0 Å². The van der Waals surface area contributed by atoms with E-state index in [4.69, 9.17) is 71.1 Å². The second-order valence-electron chi connectivity index (χ2n) is 40.3. The molecule has 30 heteroatoms. The van der Waals surface area contributed by atoms with Crippen LogP contribution in [0.4, 0.5) is 0 Å². The van der Waals surface area contributed by atoms with Gasteiger partial charge < -0.3 is 71.1 Å². The molecule has 756 valence electrons. The molecule has 0 aromatic heterocycles. The third kappa shape index (κ3) is 22.6. The van der Waals surface area contributed by atoms with Crippen molar-refractivity contribution in [2.24, 2.45) is 121 Å². The molecule has 0 N–H and O–H groups in total. The molecule has 19 rings (SSSR count). The normalized spacial score (nSPS) is 35.0. The zero-order chi connectivity index (χ0) is 87.4. The molecule has 131 heavy (non-hydrogen) atoms. The Morgan fingerprint density at radius 3 is 1.33 bits per heavy atom. The van der Waals surface area contributed by atoms with Gasteiger partial charge in [0.15, 0.2) is 17.6 Å². The Kier molecular flexibility index (Phi) is 42.8. The van der Waals surface area contributed by atoms with Crippen molar-refractivity contribution in [2.45, 2.75) is 421 Å². The van der Waals surface area contributed by atoms with Crippen LogP contribution in [0.5, 0.6) is 0 Å². The van der Waals surface area contributed by atoms with E-state index in [0.717, 1.165) is 57.8 Å². The number of esters is 14. The predicted octanol–water partition coefficient (Wildman–Crippen LogP) is 18.0. The number of ether oxygens (including phenoxy) is 15. The minimum atomic E-state index is -0.974. The largest absolute Gasteiger partial charge is 0.469 e. The first-order valence-corrected chi connectivity index (χ1v) is 43.5. The van der Waals surface area contributed by atoms with Gasteiger partial charge in [0.25, 0.3) is 0 Å². The smallest absolute Gasteiger partial charge is 0.327 e. The number of hydrogen-bond donors (Lipinski definition) is 0. The predicted molar refractivity (Wildman–Crippen MR) is 492 cm³/mol. The number of carbonyl (C=O) groups excluding carboxylic acids is 14. The van der Waals surface area contributed by atoms with Crippen LogP contribution in [0, 0.1) is 132 Å². The summed E-state index contributed by atoms with van der Waals surface area (Å²) in [4.78, 5) is 167. The number of methoxy groups -OCH3 is 1. The number of rotatable bonds is 22. The van der Waals surface area contributed by atoms with Gasteiger partial charge in [0.05, 0.1) is 93.7 Å². The summed E-state index contributed by atoms with van der Waals surface area (Å²) in [5.41, 5.74) is -4.70. The molecule has 0 spiro atoms. The Balaban J connectivity index is 0.00000152. The summed E-state index contributed by atoms with van der Waals surface area (Å²) in [7, 11) is 1.31. The zero-order valence-electron chi connectivity index (χ0n) is 72.8. The van der Waals surface area contributed by atoms with Crippen LogP contribution in [0.15, 0.2) is 0 Å². The molecular weight excluding hydrogens is 1690 g/mol. The van der Waals surface area contributed by atoms with Gasteiger partial charge in [-0.1, -0.05) is 131 Å². The molecular formula is C101H173NO29. The molecule has 9 saturated carbocycles. The lowest BCUT2D eigenvalue weighted by Crippen LogP contribution is -2.57. The van der Waals surface area contributed by atoms with Gasteiger partial charge in [-0.05, 0) is 193 Å². The fourth-order valence-electron chi connectivity index (χ4n) is 20.4. The van der Waals surface area contributed by atoms with E-state index in [2.05, 4.69) is 6.07 Å². The Morgan fingerprint density at radius 2 is 0.840 bits per heavy atom. The van der Waals surface area contributed by atoms with E-state index in [9.17, 15) is 72.4 Å². The van der Waals surface area contributed by atoms with Gasteiger partial charge >= 0.3 is 83.6 Å². The van der Waals surface area contributed by atoms with E-state index in [0.29, 0.717) is 57.3 Å². The van der Waals surface area contributed by atoms with Crippen molar-refractivity contribution in [3.63, 3.8) is 0 Å². The second kappa shape index (κ2) is 45.6. The van der Waals surface area contributed by atoms with Crippen LogP contribution < -0.4 is 0 Å². The Bertz CT molecular complexity index is 3970. The molecule has 14 bridgehead atoms. The highest BCUT2D eigenvalue weighted by atomic mass is 16.7. The first-order valence-electron chi connectivity index (χ1n) is 43.5. The van der Waals surface area contributed by atoms with E-state index in [1.54, 1.807) is 0 Å². The highest BCUT2D eigenvalue weighted by molar-refractivity contribution is 5.88. The lowest BCUT2D eigenvalue weighted by Gasteiger charge is -2.48. The lowest BCUT2D eigenvalue weighted by molar-refractivity contribution is -0.221. The van der Waals surface area contributed by atoms with Crippen molar-refractivity contribution >= 4 is 83.6 Å². The Hall–Kier alpha value is -7.97. The Morgan fingerprint density at radius 1 is 0.412 bits per heavy atom. The SMILES string of the molecule is C.C.C.C.C.C.C.C.C.C.C.C.CCC(C)(C)C(=O)OC1C2CC3C(=O)OC1C3O2.CCC(C)(C)C(=O)OC1C2CC3C1OC(=O)C3(C#N)C2.CCC(C)(C)C(=O)OC1C2CC3C1OC(=O)C3C2C(=O)OC.CCC(C)(C)C(=O)OC1C2CC3CC2C(=O)OC31.CCC(C)(C)C(=O)OC1CC2CCC1(C)OC2=O.CCC(C)(C)C(=O)OCCC(=O)OC1C2CC3C(=O)OC1C3C2. The van der Waals surface area contributed by atoms with Crippen molar-refractivity contribution in [3.05, 3.63) is 0 Å². The minimum absolute atomic E-state index is 0. The maximum absolute atomic E-state index is 12.4. The van der Waals surface area contributed by atoms with E-state index in [-0.39, 0.29) is 282 Å². The van der Waals surface area contributed by atoms with Gasteiger partial charge in [-0.15, -0.1) is 0 Å². The van der Waals surface area contributed by atoms with E-state index < -0.39 is 104 Å². The summed E-state index contributed by atoms with van der Waals surface area (Å²) in [6.07, 6.45) is 8.41. The number of fused-ring (bicyclic) bond motifs is 8. The molecule has 30 nitrogen and oxygen atoms in total. The van der Waals surface area contributed by atoms with Crippen LogP contribution in [0.25, 0.3) is 0 Å². The number of hydrogen-bond acceptors (Lipinski definition) is 30. The fraction of sp³-hybridized carbons (Fsp3) is 0.851. The van der Waals surface area contributed by atoms with Crippen molar-refractivity contribution in [2.75, 3.05) is 13.7 Å². The van der Waals surface area contributed by atoms with Crippen molar-refractivity contribution in [1.29, 1.82) is 5.26 Å². The van der Waals surface area contributed by atoms with Gasteiger partial charge in [-0.3, -0.25) is 67.1 Å². The molecule has 19 fully saturated rings. The molecule has 0 aromatic rings. The summed E-state index contributed by atoms with van der Waals surface area (Å²) in [5.74, 6) is -4.04. The van der Waals surface area contributed by atoms with Crippen LogP contribution in [0.3, 0.4) is 0 Å². The summed E-state index contributed by atoms with van der Waals surface area (Å²) < 4.78 is 81.5. The molecule has 10 heterocycles. The van der Waals surface area contributed by atoms with Crippen LogP contribution in [-0.4, -0.2) is 182 Å². The maximum Gasteiger partial charge on any atom is 0.327 e. The van der Waals surface area contributed by atoms with Gasteiger partial charge in [-0.25, -0.2) is 0 Å². The number of nitriles is 1. The van der Waals surface area contributed by atoms with Crippen molar-refractivity contribution in [1.82, 2.24) is 0 Å². The van der Waals surface area contributed by atoms with E-state index in [1.165, 1.54) is 7.11 Å². The minimum Gasteiger partial charge on any atom is -0.469 e. The Labute approximate surface area is 785 Å². The summed E-state index contributed by atoms with van der Waals surface area (Å²) in [6.45, 7) is 35.8. The van der Waals surface area contributed by atoms with Gasteiger partial charge in [0.1, 0.15) is 73.2 Å². The standard InChI is InChI=1S/C17H24O6.C16H22O6.C15H19NO4.C14H20O4.C14H22O4.C13H18O5.12CH4/c1-4-17(2,3)16(20)21-6-5-12(18)22-13-9-7-10-11(8-9)15(19)23-14(10)13;1-5-16(2,3)15(19)22-12-7-6-8-10(9(7)13(17)20-4)14(18)21-11(8)12;1-4-14(2,3)12(17)19-10-8-5-9-11(10)20-13(18)15(9,6-8)7-16;1-4-14(2,3)13(16)18-11-8-5-7-6-9(8)12(15)17-10(7)11;1-5-13(2,3)12(16)17-10-8-9-6-7-14(10,4)18-11(9)15;1-4-13(2,3)12(15)18-9-7-5-6-8(16-7)10(9)17-11(6)14;;;;;;;;;;;;/h9-11,13-14H,4-8H2,1-3H3;7-12H,5-6H2,1-4H3;8-11H,4-6H2,1-3H3;7-11H,4-6H2,1-3H3;9-10H,5-8H2,1-4H3;6-10H,4-5H2,1-3H3;12*1H4. The zero-order valence-corrected chi connectivity index (χ0v) is 72.8. The first kappa shape index (κ1) is 123. The topological polar surface area (TPSA) is 401 Å². The first-order chi connectivity index (χ1) is 55.7. The number of carbonyl (C=O) groups is 14. The molecule has 0 amide bonds. The average molecular weight is 1870 g/mol. The van der Waals surface area contributed by atoms with E-state index in [1.807, 2.05) is 132 Å². The van der Waals surface area contributed by atoms with Crippen LogP contribution in [0.2, 0.25) is 0 Å². The van der Waals surface area contributed by atoms with Gasteiger partial charge in [0, 0.05) is 53.8 Å². The number of nitrogens with zero attached hydrogens (tertiary/aromatic N) is 1. The molecule has 9 aliphatic carbocycles. The molecule has 10 aliphatic heterocycles. The molecule has 0 aromatic carbocycles. The van der Waals surface area contributed by atoms with Gasteiger partial charge in [0.2, 0.25) is 0 Å². The van der Waals surface area contributed by atoms with Crippen LogP contribution >= 0.6 is 0 Å². The lowest BCUT2D eigenvalue weighted by atomic mass is 9.74. The monoisotopic (exact) mass is 1860 g/mol. The van der Waals surface area contributed by atoms with Crippen molar-refractivity contribution < 1.29 is 138 Å². The second-order valence-corrected chi connectivity index (χ2v) is 40.3. The van der Waals surface area contributed by atoms with Crippen molar-refractivity contribution in [3.8, 4) is 6.07 Å².